The monoisotopic (exact) mass is 368 g/mol. The summed E-state index contributed by atoms with van der Waals surface area (Å²) in [6.45, 7) is 2.20. The Bertz CT molecular complexity index is 400. The topological polar surface area (TPSA) is 63.4 Å². The highest BCUT2D eigenvalue weighted by Gasteiger charge is 2.19. The van der Waals surface area contributed by atoms with Crippen molar-refractivity contribution in [3.63, 3.8) is 0 Å². The van der Waals surface area contributed by atoms with Gasteiger partial charge in [-0.1, -0.05) is 0 Å². The Kier molecular flexibility index (Phi) is 4.94. The minimum absolute atomic E-state index is 0.0531. The normalized spacial score (nSPS) is 10.2. The second-order valence-electron chi connectivity index (χ2n) is 3.02. The van der Waals surface area contributed by atoms with Gasteiger partial charge in [-0.25, -0.2) is 0 Å². The molecule has 0 unspecified atom stereocenters. The summed E-state index contributed by atoms with van der Waals surface area (Å²) in [6.07, 6.45) is 0. The van der Waals surface area contributed by atoms with Crippen molar-refractivity contribution in [2.75, 3.05) is 13.1 Å². The summed E-state index contributed by atoms with van der Waals surface area (Å²) in [5, 5.41) is 0. The van der Waals surface area contributed by atoms with Crippen molar-refractivity contribution in [2.24, 2.45) is 5.73 Å². The average Bonchev–Trinajstić information content (AvgIpc) is 2.54. The summed E-state index contributed by atoms with van der Waals surface area (Å²) in [6, 6.07) is 1.72. The lowest BCUT2D eigenvalue weighted by Gasteiger charge is -2.17. The highest BCUT2D eigenvalue weighted by Crippen LogP contribution is 2.32. The molecule has 4 nitrogen and oxygen atoms in total. The highest BCUT2D eigenvalue weighted by atomic mass is 79.9. The maximum Gasteiger partial charge on any atom is 0.264 e. The van der Waals surface area contributed by atoms with Gasteiger partial charge in [0.2, 0.25) is 5.91 Å². The van der Waals surface area contributed by atoms with Crippen molar-refractivity contribution < 1.29 is 9.59 Å². The molecular weight excluding hydrogens is 360 g/mol. The molecule has 16 heavy (non-hydrogen) atoms. The molecule has 0 spiro atoms. The van der Waals surface area contributed by atoms with Gasteiger partial charge in [-0.3, -0.25) is 9.59 Å². The number of rotatable bonds is 4. The molecule has 1 heterocycles. The predicted molar refractivity (Wildman–Crippen MR) is 70.5 cm³/mol. The number of nitrogens with two attached hydrogens (primary N) is 1. The molecule has 0 bridgehead atoms. The second-order valence-corrected chi connectivity index (χ2v) is 6.24. The number of nitrogens with zero attached hydrogens (tertiary/aromatic N) is 1. The SMILES string of the molecule is CCN(CC(N)=O)C(=O)c1cc(Br)c(Br)s1. The third kappa shape index (κ3) is 3.29. The van der Waals surface area contributed by atoms with E-state index in [-0.39, 0.29) is 12.5 Å². The number of likely N-dealkylation sites (N-methyl/N-ethyl adjacent to an activating group) is 1. The Morgan fingerprint density at radius 1 is 1.50 bits per heavy atom. The van der Waals surface area contributed by atoms with Crippen LogP contribution in [-0.4, -0.2) is 29.8 Å². The van der Waals surface area contributed by atoms with Crippen LogP contribution in [0.2, 0.25) is 0 Å². The number of halogens is 2. The standard InChI is InChI=1S/C9H10Br2N2O2S/c1-2-13(4-7(12)14)9(15)6-3-5(10)8(11)16-6/h3H,2,4H2,1H3,(H2,12,14). The molecule has 0 aliphatic carbocycles. The van der Waals surface area contributed by atoms with Gasteiger partial charge < -0.3 is 10.6 Å². The van der Waals surface area contributed by atoms with Crippen LogP contribution in [0.5, 0.6) is 0 Å². The molecule has 0 saturated carbocycles. The molecular formula is C9H10Br2N2O2S. The molecule has 0 saturated heterocycles. The van der Waals surface area contributed by atoms with E-state index in [0.29, 0.717) is 11.4 Å². The van der Waals surface area contributed by atoms with E-state index in [1.165, 1.54) is 16.2 Å². The third-order valence-electron chi connectivity index (χ3n) is 1.87. The lowest BCUT2D eigenvalue weighted by Crippen LogP contribution is -2.37. The molecule has 2 N–H and O–H groups in total. The van der Waals surface area contributed by atoms with E-state index in [0.717, 1.165) is 8.26 Å². The fourth-order valence-electron chi connectivity index (χ4n) is 1.12. The number of amides is 2. The summed E-state index contributed by atoms with van der Waals surface area (Å²) in [4.78, 5) is 24.7. The van der Waals surface area contributed by atoms with Gasteiger partial charge >= 0.3 is 0 Å². The van der Waals surface area contributed by atoms with Crippen molar-refractivity contribution in [1.82, 2.24) is 4.90 Å². The summed E-state index contributed by atoms with van der Waals surface area (Å²) in [7, 11) is 0. The smallest absolute Gasteiger partial charge is 0.264 e. The Balaban J connectivity index is 2.86. The van der Waals surface area contributed by atoms with E-state index in [1.807, 2.05) is 0 Å². The van der Waals surface area contributed by atoms with E-state index in [4.69, 9.17) is 5.73 Å². The quantitative estimate of drug-likeness (QED) is 0.884. The fraction of sp³-hybridized carbons (Fsp3) is 0.333. The largest absolute Gasteiger partial charge is 0.368 e. The molecule has 7 heteroatoms. The summed E-state index contributed by atoms with van der Waals surface area (Å²) < 4.78 is 1.68. The maximum absolute atomic E-state index is 12.0. The second kappa shape index (κ2) is 5.79. The van der Waals surface area contributed by atoms with Crippen LogP contribution in [0, 0.1) is 0 Å². The number of thiophene rings is 1. The molecule has 0 atom stereocenters. The van der Waals surface area contributed by atoms with Crippen molar-refractivity contribution in [3.8, 4) is 0 Å². The minimum Gasteiger partial charge on any atom is -0.368 e. The van der Waals surface area contributed by atoms with Crippen LogP contribution in [0.25, 0.3) is 0 Å². The lowest BCUT2D eigenvalue weighted by molar-refractivity contribution is -0.118. The predicted octanol–water partition coefficient (Wildman–Crippen LogP) is 2.22. The lowest BCUT2D eigenvalue weighted by atomic mass is 10.3. The van der Waals surface area contributed by atoms with Crippen molar-refractivity contribution in [3.05, 3.63) is 19.2 Å². The van der Waals surface area contributed by atoms with Gasteiger partial charge in [0.05, 0.1) is 15.2 Å². The van der Waals surface area contributed by atoms with Crippen LogP contribution in [0.15, 0.2) is 14.3 Å². The number of carbonyl (C=O) groups excluding carboxylic acids is 2. The first kappa shape index (κ1) is 13.7. The number of carbonyl (C=O) groups is 2. The van der Waals surface area contributed by atoms with E-state index in [2.05, 4.69) is 31.9 Å². The van der Waals surface area contributed by atoms with Crippen LogP contribution in [0.3, 0.4) is 0 Å². The van der Waals surface area contributed by atoms with Crippen molar-refractivity contribution >= 4 is 55.0 Å². The molecule has 2 amide bonds. The Labute approximate surface area is 114 Å². The van der Waals surface area contributed by atoms with Gasteiger partial charge in [-0.05, 0) is 44.8 Å². The number of hydrogen-bond donors (Lipinski definition) is 1. The first-order valence-corrected chi connectivity index (χ1v) is 6.88. The molecule has 1 rings (SSSR count). The molecule has 88 valence electrons. The van der Waals surface area contributed by atoms with Crippen LogP contribution < -0.4 is 5.73 Å². The average molecular weight is 370 g/mol. The molecule has 0 aliphatic rings. The van der Waals surface area contributed by atoms with E-state index in [9.17, 15) is 9.59 Å². The first-order chi connectivity index (χ1) is 7.45. The van der Waals surface area contributed by atoms with Gasteiger partial charge in [0, 0.05) is 11.0 Å². The number of hydrogen-bond acceptors (Lipinski definition) is 3. The van der Waals surface area contributed by atoms with Crippen LogP contribution in [-0.2, 0) is 4.79 Å². The van der Waals surface area contributed by atoms with E-state index >= 15 is 0 Å². The Morgan fingerprint density at radius 3 is 2.50 bits per heavy atom. The summed E-state index contributed by atoms with van der Waals surface area (Å²) in [5.41, 5.74) is 5.07. The van der Waals surface area contributed by atoms with Crippen molar-refractivity contribution in [1.29, 1.82) is 0 Å². The van der Waals surface area contributed by atoms with Crippen LogP contribution in [0.4, 0.5) is 0 Å². The fourth-order valence-corrected chi connectivity index (χ4v) is 3.13. The summed E-state index contributed by atoms with van der Waals surface area (Å²) >= 11 is 7.94. The third-order valence-corrected chi connectivity index (χ3v) is 5.12. The highest BCUT2D eigenvalue weighted by molar-refractivity contribution is 9.13. The maximum atomic E-state index is 12.0. The number of primary amides is 1. The van der Waals surface area contributed by atoms with Crippen LogP contribution >= 0.6 is 43.2 Å². The van der Waals surface area contributed by atoms with Gasteiger partial charge in [-0.15, -0.1) is 11.3 Å². The van der Waals surface area contributed by atoms with Gasteiger partial charge in [0.15, 0.2) is 0 Å². The van der Waals surface area contributed by atoms with E-state index < -0.39 is 5.91 Å². The van der Waals surface area contributed by atoms with E-state index in [1.54, 1.807) is 13.0 Å². The molecule has 1 aromatic heterocycles. The first-order valence-electron chi connectivity index (χ1n) is 4.48. The molecule has 0 fully saturated rings. The zero-order valence-electron chi connectivity index (χ0n) is 8.50. The zero-order chi connectivity index (χ0) is 12.3. The molecule has 1 aromatic rings. The Morgan fingerprint density at radius 2 is 2.12 bits per heavy atom. The molecule has 0 aliphatic heterocycles. The van der Waals surface area contributed by atoms with Gasteiger partial charge in [0.1, 0.15) is 0 Å². The molecule has 0 radical (unpaired) electrons. The minimum atomic E-state index is -0.509. The summed E-state index contributed by atoms with van der Waals surface area (Å²) in [5.74, 6) is -0.692. The zero-order valence-corrected chi connectivity index (χ0v) is 12.5. The van der Waals surface area contributed by atoms with Crippen molar-refractivity contribution in [2.45, 2.75) is 6.92 Å². The van der Waals surface area contributed by atoms with Gasteiger partial charge in [0.25, 0.3) is 5.91 Å². The Hall–Kier alpha value is -0.400. The van der Waals surface area contributed by atoms with Gasteiger partial charge in [-0.2, -0.15) is 0 Å². The van der Waals surface area contributed by atoms with Crippen LogP contribution in [0.1, 0.15) is 16.6 Å². The molecule has 0 aromatic carbocycles.